The van der Waals surface area contributed by atoms with E-state index < -0.39 is 0 Å². The van der Waals surface area contributed by atoms with E-state index in [0.29, 0.717) is 6.42 Å². The molecular weight excluding hydrogens is 360 g/mol. The number of carbonyl (C=O) groups excluding carboxylic acids is 1. The highest BCUT2D eigenvalue weighted by Crippen LogP contribution is 2.37. The van der Waals surface area contributed by atoms with Crippen molar-refractivity contribution in [2.24, 2.45) is 0 Å². The molecule has 0 atom stereocenters. The number of aromatic nitrogens is 1. The second-order valence-electron chi connectivity index (χ2n) is 6.31. The number of anilines is 1. The van der Waals surface area contributed by atoms with Gasteiger partial charge in [0.2, 0.25) is 5.91 Å². The summed E-state index contributed by atoms with van der Waals surface area (Å²) < 4.78 is 1.15. The van der Waals surface area contributed by atoms with E-state index in [1.165, 1.54) is 16.9 Å². The van der Waals surface area contributed by atoms with Crippen LogP contribution in [0, 0.1) is 13.8 Å². The molecule has 1 amide bonds. The second-order valence-corrected chi connectivity index (χ2v) is 8.25. The summed E-state index contributed by atoms with van der Waals surface area (Å²) in [4.78, 5) is 17.3. The molecule has 0 radical (unpaired) electrons. The number of fused-ring (bicyclic) bond motifs is 1. The van der Waals surface area contributed by atoms with Gasteiger partial charge in [0, 0.05) is 5.56 Å². The molecule has 0 saturated heterocycles. The summed E-state index contributed by atoms with van der Waals surface area (Å²) in [5.74, 6) is 0.00325. The van der Waals surface area contributed by atoms with Crippen LogP contribution in [0.5, 0.6) is 0 Å². The van der Waals surface area contributed by atoms with Gasteiger partial charge in [-0.05, 0) is 48.6 Å². The zero-order chi connectivity index (χ0) is 18.1. The number of hydrogen-bond donors (Lipinski definition) is 1. The second kappa shape index (κ2) is 7.02. The minimum Gasteiger partial charge on any atom is -0.317 e. The van der Waals surface area contributed by atoms with Gasteiger partial charge in [0.25, 0.3) is 0 Å². The van der Waals surface area contributed by atoms with Crippen LogP contribution in [0.4, 0.5) is 5.00 Å². The highest BCUT2D eigenvalue weighted by atomic mass is 32.1. The first kappa shape index (κ1) is 16.9. The maximum Gasteiger partial charge on any atom is 0.229 e. The highest BCUT2D eigenvalue weighted by molar-refractivity contribution is 7.22. The monoisotopic (exact) mass is 378 g/mol. The van der Waals surface area contributed by atoms with Crippen molar-refractivity contribution in [2.45, 2.75) is 20.3 Å². The SMILES string of the molecule is Cc1ccc(C)c(CC(=O)Nc2sccc2-c2nc3ccccc3s2)c1. The van der Waals surface area contributed by atoms with E-state index in [0.717, 1.165) is 36.9 Å². The van der Waals surface area contributed by atoms with Crippen LogP contribution in [-0.4, -0.2) is 10.9 Å². The van der Waals surface area contributed by atoms with E-state index in [-0.39, 0.29) is 5.91 Å². The van der Waals surface area contributed by atoms with E-state index in [4.69, 9.17) is 4.98 Å². The van der Waals surface area contributed by atoms with Gasteiger partial charge in [0.1, 0.15) is 10.0 Å². The zero-order valence-electron chi connectivity index (χ0n) is 14.6. The van der Waals surface area contributed by atoms with Crippen LogP contribution in [0.25, 0.3) is 20.8 Å². The number of carbonyl (C=O) groups is 1. The Balaban J connectivity index is 1.57. The zero-order valence-corrected chi connectivity index (χ0v) is 16.2. The minimum atomic E-state index is 0.00325. The topological polar surface area (TPSA) is 42.0 Å². The Labute approximate surface area is 160 Å². The van der Waals surface area contributed by atoms with Crippen molar-refractivity contribution in [3.8, 4) is 10.6 Å². The number of aryl methyl sites for hydroxylation is 2. The smallest absolute Gasteiger partial charge is 0.229 e. The van der Waals surface area contributed by atoms with Gasteiger partial charge in [-0.1, -0.05) is 35.9 Å². The fraction of sp³-hybridized carbons (Fsp3) is 0.143. The molecule has 0 spiro atoms. The lowest BCUT2D eigenvalue weighted by Crippen LogP contribution is -2.14. The van der Waals surface area contributed by atoms with Crippen LogP contribution in [0.15, 0.2) is 53.9 Å². The van der Waals surface area contributed by atoms with Crippen molar-refractivity contribution < 1.29 is 4.79 Å². The summed E-state index contributed by atoms with van der Waals surface area (Å²) in [5.41, 5.74) is 5.37. The lowest BCUT2D eigenvalue weighted by molar-refractivity contribution is -0.115. The third-order valence-electron chi connectivity index (χ3n) is 4.30. The number of nitrogens with one attached hydrogen (secondary N) is 1. The molecule has 4 rings (SSSR count). The van der Waals surface area contributed by atoms with Crippen molar-refractivity contribution in [1.82, 2.24) is 4.98 Å². The fourth-order valence-electron chi connectivity index (χ4n) is 2.90. The molecule has 0 aliphatic heterocycles. The van der Waals surface area contributed by atoms with E-state index >= 15 is 0 Å². The van der Waals surface area contributed by atoms with Crippen LogP contribution >= 0.6 is 22.7 Å². The Kier molecular flexibility index (Phi) is 4.57. The molecule has 0 unspecified atom stereocenters. The molecule has 26 heavy (non-hydrogen) atoms. The molecular formula is C21H18N2OS2. The van der Waals surface area contributed by atoms with Crippen molar-refractivity contribution in [1.29, 1.82) is 0 Å². The van der Waals surface area contributed by atoms with Crippen LogP contribution in [0.2, 0.25) is 0 Å². The average molecular weight is 379 g/mol. The first-order chi connectivity index (χ1) is 12.6. The predicted molar refractivity (Wildman–Crippen MR) is 111 cm³/mol. The summed E-state index contributed by atoms with van der Waals surface area (Å²) >= 11 is 3.18. The molecule has 4 aromatic rings. The van der Waals surface area contributed by atoms with Crippen LogP contribution in [0.3, 0.4) is 0 Å². The quantitative estimate of drug-likeness (QED) is 0.486. The maximum absolute atomic E-state index is 12.6. The van der Waals surface area contributed by atoms with E-state index in [1.807, 2.05) is 43.5 Å². The molecule has 5 heteroatoms. The summed E-state index contributed by atoms with van der Waals surface area (Å²) in [6.07, 6.45) is 0.380. The summed E-state index contributed by atoms with van der Waals surface area (Å²) in [6, 6.07) is 16.3. The summed E-state index contributed by atoms with van der Waals surface area (Å²) in [7, 11) is 0. The van der Waals surface area contributed by atoms with E-state index in [9.17, 15) is 4.79 Å². The molecule has 0 aliphatic carbocycles. The molecule has 0 bridgehead atoms. The van der Waals surface area contributed by atoms with Gasteiger partial charge in [-0.25, -0.2) is 4.98 Å². The van der Waals surface area contributed by atoms with Gasteiger partial charge in [-0.3, -0.25) is 4.79 Å². The Morgan fingerprint density at radius 1 is 1.12 bits per heavy atom. The van der Waals surface area contributed by atoms with Crippen molar-refractivity contribution in [3.63, 3.8) is 0 Å². The number of nitrogens with zero attached hydrogens (tertiary/aromatic N) is 1. The third kappa shape index (κ3) is 3.41. The number of thiazole rings is 1. The molecule has 2 aromatic carbocycles. The molecule has 2 heterocycles. The number of para-hydroxylation sites is 1. The lowest BCUT2D eigenvalue weighted by atomic mass is 10.0. The molecule has 3 nitrogen and oxygen atoms in total. The summed E-state index contributed by atoms with van der Waals surface area (Å²) in [6.45, 7) is 4.09. The van der Waals surface area contributed by atoms with E-state index in [2.05, 4.69) is 29.6 Å². The van der Waals surface area contributed by atoms with Gasteiger partial charge < -0.3 is 5.32 Å². The Bertz CT molecular complexity index is 1060. The number of benzene rings is 2. The molecule has 0 saturated carbocycles. The van der Waals surface area contributed by atoms with Crippen molar-refractivity contribution >= 4 is 43.8 Å². The van der Waals surface area contributed by atoms with Crippen LogP contribution in [-0.2, 0) is 11.2 Å². The van der Waals surface area contributed by atoms with Gasteiger partial charge in [0.15, 0.2) is 0 Å². The Morgan fingerprint density at radius 3 is 2.81 bits per heavy atom. The predicted octanol–water partition coefficient (Wildman–Crippen LogP) is 5.82. The molecule has 130 valence electrons. The normalized spacial score (nSPS) is 11.0. The van der Waals surface area contributed by atoms with Crippen molar-refractivity contribution in [2.75, 3.05) is 5.32 Å². The highest BCUT2D eigenvalue weighted by Gasteiger charge is 2.15. The fourth-order valence-corrected chi connectivity index (χ4v) is 4.76. The molecule has 2 aromatic heterocycles. The van der Waals surface area contributed by atoms with Gasteiger partial charge in [0.05, 0.1) is 16.6 Å². The first-order valence-corrected chi connectivity index (χ1v) is 10.1. The number of rotatable bonds is 4. The molecule has 0 fully saturated rings. The average Bonchev–Trinajstić information content (AvgIpc) is 3.24. The first-order valence-electron chi connectivity index (χ1n) is 8.39. The van der Waals surface area contributed by atoms with Gasteiger partial charge in [-0.15, -0.1) is 22.7 Å². The third-order valence-corrected chi connectivity index (χ3v) is 6.20. The molecule has 1 N–H and O–H groups in total. The molecule has 0 aliphatic rings. The van der Waals surface area contributed by atoms with Crippen LogP contribution < -0.4 is 5.32 Å². The number of hydrogen-bond acceptors (Lipinski definition) is 4. The van der Waals surface area contributed by atoms with Crippen LogP contribution in [0.1, 0.15) is 16.7 Å². The Hall–Kier alpha value is -2.50. The maximum atomic E-state index is 12.6. The standard InChI is InChI=1S/C21H18N2OS2/c1-13-7-8-14(2)15(11-13)12-19(24)23-20-16(9-10-25-20)21-22-17-5-3-4-6-18(17)26-21/h3-11H,12H2,1-2H3,(H,23,24). The van der Waals surface area contributed by atoms with E-state index in [1.54, 1.807) is 11.3 Å². The van der Waals surface area contributed by atoms with Gasteiger partial charge in [-0.2, -0.15) is 0 Å². The number of thiophene rings is 1. The Morgan fingerprint density at radius 2 is 1.96 bits per heavy atom. The lowest BCUT2D eigenvalue weighted by Gasteiger charge is -2.08. The summed E-state index contributed by atoms with van der Waals surface area (Å²) in [5, 5.41) is 6.87. The largest absolute Gasteiger partial charge is 0.317 e. The van der Waals surface area contributed by atoms with Gasteiger partial charge >= 0.3 is 0 Å². The van der Waals surface area contributed by atoms with Crippen molar-refractivity contribution in [3.05, 3.63) is 70.6 Å². The number of amides is 1. The minimum absolute atomic E-state index is 0.00325.